The molecule has 2 bridgehead atoms. The molecule has 0 amide bonds. The van der Waals surface area contributed by atoms with Gasteiger partial charge in [0.1, 0.15) is 0 Å². The highest BCUT2D eigenvalue weighted by Crippen LogP contribution is 2.34. The number of fused-ring (bicyclic) bond motifs is 3. The molecule has 3 saturated heterocycles. The van der Waals surface area contributed by atoms with Gasteiger partial charge in [-0.2, -0.15) is 10.2 Å². The number of aromatic nitrogens is 2. The van der Waals surface area contributed by atoms with Gasteiger partial charge >= 0.3 is 0 Å². The average Bonchev–Trinajstić information content (AvgIpc) is 2.73. The first-order valence-corrected chi connectivity index (χ1v) is 9.87. The number of hydrogen-bond donors (Lipinski definition) is 1. The number of piperidine rings is 1. The zero-order chi connectivity index (χ0) is 20.0. The van der Waals surface area contributed by atoms with Gasteiger partial charge < -0.3 is 15.0 Å². The molecule has 0 spiro atoms. The Morgan fingerprint density at radius 1 is 1.10 bits per heavy atom. The molecule has 5 nitrogen and oxygen atoms in total. The minimum atomic E-state index is -2.48. The van der Waals surface area contributed by atoms with Crippen molar-refractivity contribution in [1.82, 2.24) is 10.2 Å². The number of hydrogen-bond acceptors (Lipinski definition) is 5. The number of nitrogens with zero attached hydrogens (tertiary/aromatic N) is 3. The maximum Gasteiger partial charge on any atom is 0.263 e. The number of morpholine rings is 1. The van der Waals surface area contributed by atoms with E-state index in [1.165, 1.54) is 6.07 Å². The van der Waals surface area contributed by atoms with Crippen LogP contribution in [0.1, 0.15) is 36.9 Å². The van der Waals surface area contributed by atoms with E-state index in [9.17, 15) is 8.78 Å². The van der Waals surface area contributed by atoms with Gasteiger partial charge in [-0.25, -0.2) is 8.78 Å². The third kappa shape index (κ3) is 3.51. The smallest absolute Gasteiger partial charge is 0.263 e. The van der Waals surface area contributed by atoms with Crippen molar-refractivity contribution in [2.75, 3.05) is 23.3 Å². The molecule has 0 saturated carbocycles. The van der Waals surface area contributed by atoms with Gasteiger partial charge in [-0.15, -0.1) is 0 Å². The Hall–Kier alpha value is -2.80. The predicted molar refractivity (Wildman–Crippen MR) is 108 cm³/mol. The summed E-state index contributed by atoms with van der Waals surface area (Å²) >= 11 is 0. The van der Waals surface area contributed by atoms with Crippen molar-refractivity contribution >= 4 is 22.3 Å². The van der Waals surface area contributed by atoms with Crippen LogP contribution in [0.5, 0.6) is 0 Å². The van der Waals surface area contributed by atoms with E-state index in [-0.39, 0.29) is 11.6 Å². The molecule has 1 N–H and O–H groups in total. The quantitative estimate of drug-likeness (QED) is 0.676. The second kappa shape index (κ2) is 7.22. The van der Waals surface area contributed by atoms with Crippen molar-refractivity contribution < 1.29 is 13.5 Å². The van der Waals surface area contributed by atoms with E-state index < -0.39 is 6.43 Å². The van der Waals surface area contributed by atoms with Crippen LogP contribution in [0.25, 0.3) is 10.9 Å². The molecule has 29 heavy (non-hydrogen) atoms. The summed E-state index contributed by atoms with van der Waals surface area (Å²) in [5.74, 6) is 0. The topological polar surface area (TPSA) is 50.3 Å². The van der Waals surface area contributed by atoms with Crippen LogP contribution in [-0.4, -0.2) is 35.5 Å². The summed E-state index contributed by atoms with van der Waals surface area (Å²) in [6, 6.07) is 12.5. The Morgan fingerprint density at radius 2 is 1.86 bits per heavy atom. The lowest BCUT2D eigenvalue weighted by atomic mass is 9.98. The van der Waals surface area contributed by atoms with Crippen molar-refractivity contribution in [2.24, 2.45) is 0 Å². The molecule has 3 fully saturated rings. The SMILES string of the molecule is C[C@@H](Nc1cnnc2ccc(N3CC4CC(C3)O4)cc12)c1cccc(C(F)F)c1. The highest BCUT2D eigenvalue weighted by molar-refractivity contribution is 5.93. The molecule has 2 aromatic carbocycles. The standard InChI is InChI=1S/C22H22F2N4O/c1-13(14-3-2-4-15(7-14)22(23)24)26-21-10-25-27-20-6-5-16(8-19(20)21)28-11-17-9-18(12-28)29-17/h2-8,10,13,17-18,22H,9,11-12H2,1H3,(H,26,27)/t13-,17?,18?/m1/s1. The van der Waals surface area contributed by atoms with Crippen LogP contribution in [0, 0.1) is 0 Å². The molecule has 4 heterocycles. The zero-order valence-electron chi connectivity index (χ0n) is 16.1. The molecule has 2 unspecified atom stereocenters. The number of ether oxygens (including phenoxy) is 1. The molecule has 0 aliphatic carbocycles. The van der Waals surface area contributed by atoms with Crippen molar-refractivity contribution in [1.29, 1.82) is 0 Å². The van der Waals surface area contributed by atoms with Crippen LogP contribution in [-0.2, 0) is 4.74 Å². The van der Waals surface area contributed by atoms with Crippen molar-refractivity contribution in [3.05, 3.63) is 59.8 Å². The number of anilines is 2. The molecule has 1 aromatic heterocycles. The maximum absolute atomic E-state index is 13.0. The summed E-state index contributed by atoms with van der Waals surface area (Å²) in [4.78, 5) is 2.35. The molecular weight excluding hydrogens is 374 g/mol. The zero-order valence-corrected chi connectivity index (χ0v) is 16.1. The lowest BCUT2D eigenvalue weighted by Crippen LogP contribution is -2.57. The average molecular weight is 396 g/mol. The summed E-state index contributed by atoms with van der Waals surface area (Å²) in [6.07, 6.45) is 1.03. The fourth-order valence-electron chi connectivity index (χ4n) is 4.20. The summed E-state index contributed by atoms with van der Waals surface area (Å²) in [6.45, 7) is 3.76. The second-order valence-corrected chi connectivity index (χ2v) is 7.82. The molecule has 3 aliphatic rings. The fourth-order valence-corrected chi connectivity index (χ4v) is 4.20. The Balaban J connectivity index is 1.43. The van der Waals surface area contributed by atoms with E-state index in [1.54, 1.807) is 18.3 Å². The van der Waals surface area contributed by atoms with Crippen LogP contribution in [0.4, 0.5) is 20.2 Å². The second-order valence-electron chi connectivity index (χ2n) is 7.82. The maximum atomic E-state index is 13.0. The Labute approximate surface area is 167 Å². The summed E-state index contributed by atoms with van der Waals surface area (Å²) in [5.41, 5.74) is 3.61. The largest absolute Gasteiger partial charge is 0.377 e. The van der Waals surface area contributed by atoms with Gasteiger partial charge in [-0.05, 0) is 36.8 Å². The Bertz CT molecular complexity index is 1030. The highest BCUT2D eigenvalue weighted by atomic mass is 19.3. The van der Waals surface area contributed by atoms with Crippen molar-refractivity contribution in [2.45, 2.75) is 38.0 Å². The predicted octanol–water partition coefficient (Wildman–Crippen LogP) is 4.72. The van der Waals surface area contributed by atoms with Gasteiger partial charge in [0.15, 0.2) is 0 Å². The molecule has 7 heteroatoms. The number of nitrogens with one attached hydrogen (secondary N) is 1. The van der Waals surface area contributed by atoms with Gasteiger partial charge in [0.2, 0.25) is 0 Å². The lowest BCUT2D eigenvalue weighted by molar-refractivity contribution is -0.133. The third-order valence-corrected chi connectivity index (χ3v) is 5.78. The first kappa shape index (κ1) is 18.2. The van der Waals surface area contributed by atoms with E-state index in [1.807, 2.05) is 19.1 Å². The van der Waals surface area contributed by atoms with Gasteiger partial charge in [-0.1, -0.05) is 18.2 Å². The van der Waals surface area contributed by atoms with Gasteiger partial charge in [0.25, 0.3) is 6.43 Å². The van der Waals surface area contributed by atoms with Crippen molar-refractivity contribution in [3.8, 4) is 0 Å². The lowest BCUT2D eigenvalue weighted by Gasteiger charge is -2.48. The van der Waals surface area contributed by atoms with Gasteiger partial charge in [0, 0.05) is 42.2 Å². The van der Waals surface area contributed by atoms with Gasteiger partial charge in [0.05, 0.1) is 29.6 Å². The minimum Gasteiger partial charge on any atom is -0.377 e. The molecular formula is C22H22F2N4O. The Kier molecular flexibility index (Phi) is 4.54. The minimum absolute atomic E-state index is 0.0297. The molecule has 150 valence electrons. The molecule has 3 atom stereocenters. The first-order valence-electron chi connectivity index (χ1n) is 9.87. The monoisotopic (exact) mass is 396 g/mol. The normalized spacial score (nSPS) is 21.9. The number of benzene rings is 2. The Morgan fingerprint density at radius 3 is 2.62 bits per heavy atom. The van der Waals surface area contributed by atoms with Gasteiger partial charge in [-0.3, -0.25) is 0 Å². The summed E-state index contributed by atoms with van der Waals surface area (Å²) < 4.78 is 31.8. The van der Waals surface area contributed by atoms with E-state index >= 15 is 0 Å². The summed E-state index contributed by atoms with van der Waals surface area (Å²) in [7, 11) is 0. The van der Waals surface area contributed by atoms with Crippen LogP contribution in [0.3, 0.4) is 0 Å². The van der Waals surface area contributed by atoms with Crippen LogP contribution >= 0.6 is 0 Å². The number of halogens is 2. The van der Waals surface area contributed by atoms with E-state index in [2.05, 4.69) is 32.5 Å². The fraction of sp³-hybridized carbons (Fsp3) is 0.364. The highest BCUT2D eigenvalue weighted by Gasteiger charge is 2.38. The van der Waals surface area contributed by atoms with Crippen molar-refractivity contribution in [3.63, 3.8) is 0 Å². The van der Waals surface area contributed by atoms with E-state index in [0.29, 0.717) is 12.2 Å². The number of rotatable bonds is 5. The van der Waals surface area contributed by atoms with Crippen LogP contribution in [0.15, 0.2) is 48.7 Å². The summed E-state index contributed by atoms with van der Waals surface area (Å²) in [5, 5.41) is 12.7. The van der Waals surface area contributed by atoms with Crippen LogP contribution < -0.4 is 10.2 Å². The molecule has 0 radical (unpaired) electrons. The third-order valence-electron chi connectivity index (χ3n) is 5.78. The molecule has 3 aromatic rings. The first-order chi connectivity index (χ1) is 14.1. The van der Waals surface area contributed by atoms with E-state index in [4.69, 9.17) is 4.74 Å². The molecule has 6 rings (SSSR count). The van der Waals surface area contributed by atoms with Crippen LogP contribution in [0.2, 0.25) is 0 Å². The molecule has 3 aliphatic heterocycles. The van der Waals surface area contributed by atoms with E-state index in [0.717, 1.165) is 47.4 Å². The number of alkyl halides is 2.